The standard InChI is InChI=1S/C9H14F3NO3/c10-9(11,12)7(14)5-13-2-1-6(4-13)3-8(15)16/h6-7,14H,1-5H2,(H,15,16). The van der Waals surface area contributed by atoms with Crippen LogP contribution in [-0.4, -0.2) is 53.0 Å². The van der Waals surface area contributed by atoms with Crippen molar-refractivity contribution < 1.29 is 28.2 Å². The number of carbonyl (C=O) groups is 1. The smallest absolute Gasteiger partial charge is 0.415 e. The van der Waals surface area contributed by atoms with Crippen molar-refractivity contribution in [3.05, 3.63) is 0 Å². The molecule has 0 aromatic rings. The van der Waals surface area contributed by atoms with E-state index in [0.717, 1.165) is 0 Å². The first-order valence-electron chi connectivity index (χ1n) is 4.98. The van der Waals surface area contributed by atoms with Gasteiger partial charge in [-0.05, 0) is 18.9 Å². The fourth-order valence-electron chi connectivity index (χ4n) is 1.84. The minimum Gasteiger partial charge on any atom is -0.481 e. The van der Waals surface area contributed by atoms with Gasteiger partial charge in [0.1, 0.15) is 0 Å². The molecular formula is C9H14F3NO3. The number of hydrogen-bond acceptors (Lipinski definition) is 3. The van der Waals surface area contributed by atoms with Crippen LogP contribution in [0.25, 0.3) is 0 Å². The number of likely N-dealkylation sites (tertiary alicyclic amines) is 1. The predicted octanol–water partition coefficient (Wildman–Crippen LogP) is 0.706. The summed E-state index contributed by atoms with van der Waals surface area (Å²) in [4.78, 5) is 11.8. The molecule has 0 bridgehead atoms. The Morgan fingerprint density at radius 2 is 2.12 bits per heavy atom. The molecule has 0 radical (unpaired) electrons. The summed E-state index contributed by atoms with van der Waals surface area (Å²) in [6, 6.07) is 0. The van der Waals surface area contributed by atoms with Gasteiger partial charge in [-0.15, -0.1) is 0 Å². The third-order valence-corrected chi connectivity index (χ3v) is 2.64. The lowest BCUT2D eigenvalue weighted by Crippen LogP contribution is -2.40. The van der Waals surface area contributed by atoms with Crippen molar-refractivity contribution in [3.8, 4) is 0 Å². The fraction of sp³-hybridized carbons (Fsp3) is 0.889. The molecule has 0 saturated carbocycles. The normalized spacial score (nSPS) is 24.6. The van der Waals surface area contributed by atoms with Crippen LogP contribution in [-0.2, 0) is 4.79 Å². The number of aliphatic hydroxyl groups excluding tert-OH is 1. The van der Waals surface area contributed by atoms with Crippen molar-refractivity contribution in [2.75, 3.05) is 19.6 Å². The lowest BCUT2D eigenvalue weighted by atomic mass is 10.1. The molecule has 7 heteroatoms. The van der Waals surface area contributed by atoms with Crippen molar-refractivity contribution in [2.45, 2.75) is 25.1 Å². The summed E-state index contributed by atoms with van der Waals surface area (Å²) in [5, 5.41) is 17.4. The minimum absolute atomic E-state index is 0.0292. The van der Waals surface area contributed by atoms with Gasteiger partial charge in [-0.25, -0.2) is 0 Å². The van der Waals surface area contributed by atoms with Crippen LogP contribution in [0.5, 0.6) is 0 Å². The quantitative estimate of drug-likeness (QED) is 0.760. The number of aliphatic hydroxyl groups is 1. The van der Waals surface area contributed by atoms with Crippen molar-refractivity contribution in [3.63, 3.8) is 0 Å². The Labute approximate surface area is 90.7 Å². The lowest BCUT2D eigenvalue weighted by Gasteiger charge is -2.21. The number of carboxylic acid groups (broad SMARTS) is 1. The Bertz CT molecular complexity index is 257. The third kappa shape index (κ3) is 3.97. The van der Waals surface area contributed by atoms with Gasteiger partial charge in [-0.1, -0.05) is 0 Å². The maximum atomic E-state index is 12.0. The second-order valence-electron chi connectivity index (χ2n) is 4.07. The van der Waals surface area contributed by atoms with E-state index < -0.39 is 24.8 Å². The molecule has 94 valence electrons. The van der Waals surface area contributed by atoms with Crippen LogP contribution in [0, 0.1) is 5.92 Å². The lowest BCUT2D eigenvalue weighted by molar-refractivity contribution is -0.207. The molecule has 1 aliphatic heterocycles. The molecule has 0 amide bonds. The molecule has 2 atom stereocenters. The number of alkyl halides is 3. The predicted molar refractivity (Wildman–Crippen MR) is 48.9 cm³/mol. The van der Waals surface area contributed by atoms with Crippen LogP contribution >= 0.6 is 0 Å². The van der Waals surface area contributed by atoms with Gasteiger partial charge in [0.25, 0.3) is 0 Å². The van der Waals surface area contributed by atoms with E-state index in [1.807, 2.05) is 0 Å². The molecule has 2 N–H and O–H groups in total. The zero-order valence-electron chi connectivity index (χ0n) is 8.57. The topological polar surface area (TPSA) is 60.8 Å². The average molecular weight is 241 g/mol. The van der Waals surface area contributed by atoms with Gasteiger partial charge in [0, 0.05) is 19.5 Å². The highest BCUT2D eigenvalue weighted by Crippen LogP contribution is 2.24. The molecule has 1 heterocycles. The fourth-order valence-corrected chi connectivity index (χ4v) is 1.84. The molecule has 1 aliphatic rings. The summed E-state index contributed by atoms with van der Waals surface area (Å²) in [5.74, 6) is -1.05. The van der Waals surface area contributed by atoms with Crippen molar-refractivity contribution >= 4 is 5.97 Å². The number of halogens is 3. The summed E-state index contributed by atoms with van der Waals surface area (Å²) in [5.41, 5.74) is 0. The first-order valence-corrected chi connectivity index (χ1v) is 4.98. The zero-order valence-corrected chi connectivity index (χ0v) is 8.57. The molecule has 0 spiro atoms. The minimum atomic E-state index is -4.61. The van der Waals surface area contributed by atoms with Crippen molar-refractivity contribution in [2.24, 2.45) is 5.92 Å². The average Bonchev–Trinajstić information content (AvgIpc) is 2.49. The molecule has 4 nitrogen and oxygen atoms in total. The molecule has 16 heavy (non-hydrogen) atoms. The van der Waals surface area contributed by atoms with E-state index in [1.54, 1.807) is 0 Å². The van der Waals surface area contributed by atoms with E-state index in [2.05, 4.69) is 0 Å². The van der Waals surface area contributed by atoms with E-state index in [-0.39, 0.29) is 12.3 Å². The first kappa shape index (κ1) is 13.2. The second kappa shape index (κ2) is 5.01. The highest BCUT2D eigenvalue weighted by Gasteiger charge is 2.40. The Balaban J connectivity index is 2.34. The highest BCUT2D eigenvalue weighted by molar-refractivity contribution is 5.67. The summed E-state index contributed by atoms with van der Waals surface area (Å²) >= 11 is 0. The Hall–Kier alpha value is -0.820. The van der Waals surface area contributed by atoms with Crippen LogP contribution in [0.2, 0.25) is 0 Å². The van der Waals surface area contributed by atoms with Crippen LogP contribution in [0.1, 0.15) is 12.8 Å². The van der Waals surface area contributed by atoms with Crippen LogP contribution in [0.3, 0.4) is 0 Å². The van der Waals surface area contributed by atoms with E-state index >= 15 is 0 Å². The largest absolute Gasteiger partial charge is 0.481 e. The van der Waals surface area contributed by atoms with Crippen molar-refractivity contribution in [1.29, 1.82) is 0 Å². The maximum absolute atomic E-state index is 12.0. The molecule has 1 saturated heterocycles. The highest BCUT2D eigenvalue weighted by atomic mass is 19.4. The summed E-state index contributed by atoms with van der Waals surface area (Å²) in [7, 11) is 0. The third-order valence-electron chi connectivity index (χ3n) is 2.64. The van der Waals surface area contributed by atoms with Crippen LogP contribution in [0.4, 0.5) is 13.2 Å². The van der Waals surface area contributed by atoms with Gasteiger partial charge in [-0.3, -0.25) is 4.79 Å². The van der Waals surface area contributed by atoms with Gasteiger partial charge in [0.05, 0.1) is 0 Å². The van der Waals surface area contributed by atoms with E-state index in [0.29, 0.717) is 19.5 Å². The molecule has 0 aromatic carbocycles. The van der Waals surface area contributed by atoms with E-state index in [1.165, 1.54) is 4.90 Å². The van der Waals surface area contributed by atoms with Crippen LogP contribution < -0.4 is 0 Å². The Morgan fingerprint density at radius 3 is 2.62 bits per heavy atom. The molecule has 1 fully saturated rings. The number of nitrogens with zero attached hydrogens (tertiary/aromatic N) is 1. The van der Waals surface area contributed by atoms with Gasteiger partial charge in [-0.2, -0.15) is 13.2 Å². The van der Waals surface area contributed by atoms with Gasteiger partial charge in [0.2, 0.25) is 0 Å². The van der Waals surface area contributed by atoms with Crippen LogP contribution in [0.15, 0.2) is 0 Å². The zero-order chi connectivity index (χ0) is 12.3. The maximum Gasteiger partial charge on any atom is 0.415 e. The SMILES string of the molecule is O=C(O)CC1CCN(CC(O)C(F)(F)F)C1. The number of hydrogen-bond donors (Lipinski definition) is 2. The molecule has 0 aliphatic carbocycles. The number of aliphatic carboxylic acids is 1. The van der Waals surface area contributed by atoms with Gasteiger partial charge < -0.3 is 15.1 Å². The Morgan fingerprint density at radius 1 is 1.50 bits per heavy atom. The second-order valence-corrected chi connectivity index (χ2v) is 4.07. The molecular weight excluding hydrogens is 227 g/mol. The number of β-amino-alcohol motifs (C(OH)–C–C–N with tert-alkyl or cyclic N) is 1. The number of carboxylic acids is 1. The summed E-state index contributed by atoms with van der Waals surface area (Å²) in [6.45, 7) is 0.240. The summed E-state index contributed by atoms with van der Waals surface area (Å²) in [6.07, 6.45) is -6.42. The molecule has 0 aromatic heterocycles. The number of rotatable bonds is 4. The van der Waals surface area contributed by atoms with Crippen molar-refractivity contribution in [1.82, 2.24) is 4.90 Å². The summed E-state index contributed by atoms with van der Waals surface area (Å²) < 4.78 is 36.1. The molecule has 2 unspecified atom stereocenters. The Kier molecular flexibility index (Phi) is 4.15. The monoisotopic (exact) mass is 241 g/mol. The van der Waals surface area contributed by atoms with E-state index in [9.17, 15) is 18.0 Å². The van der Waals surface area contributed by atoms with Gasteiger partial charge in [0.15, 0.2) is 6.10 Å². The van der Waals surface area contributed by atoms with Gasteiger partial charge >= 0.3 is 12.1 Å². The van der Waals surface area contributed by atoms with E-state index in [4.69, 9.17) is 10.2 Å². The molecule has 1 rings (SSSR count). The first-order chi connectivity index (χ1) is 7.29.